The van der Waals surface area contributed by atoms with Gasteiger partial charge in [0, 0.05) is 17.0 Å². The minimum Gasteiger partial charge on any atom is -0.381 e. The maximum absolute atomic E-state index is 11.7. The molecule has 2 unspecified atom stereocenters. The number of benzene rings is 1. The molecule has 6 heteroatoms. The van der Waals surface area contributed by atoms with Crippen molar-refractivity contribution in [3.63, 3.8) is 0 Å². The smallest absolute Gasteiger partial charge is 0.240 e. The highest BCUT2D eigenvalue weighted by atomic mass is 32.2. The van der Waals surface area contributed by atoms with Crippen LogP contribution in [0.5, 0.6) is 0 Å². The minimum atomic E-state index is -3.36. The Morgan fingerprint density at radius 1 is 1.39 bits per heavy atom. The molecule has 4 nitrogen and oxygen atoms in total. The Balaban J connectivity index is 2.17. The number of thioether (sulfide) groups is 1. The molecule has 100 valence electrons. The van der Waals surface area contributed by atoms with Crippen molar-refractivity contribution in [3.05, 3.63) is 24.3 Å². The van der Waals surface area contributed by atoms with Gasteiger partial charge in [-0.05, 0) is 37.4 Å². The van der Waals surface area contributed by atoms with Crippen molar-refractivity contribution in [3.8, 4) is 0 Å². The maximum Gasteiger partial charge on any atom is 0.240 e. The van der Waals surface area contributed by atoms with Crippen molar-refractivity contribution in [2.45, 2.75) is 29.5 Å². The Hall–Kier alpha value is -0.720. The molecule has 1 saturated heterocycles. The lowest BCUT2D eigenvalue weighted by Crippen LogP contribution is -2.25. The lowest BCUT2D eigenvalue weighted by Gasteiger charge is -2.18. The lowest BCUT2D eigenvalue weighted by molar-refractivity contribution is 0.588. The van der Waals surface area contributed by atoms with Crippen LogP contribution in [-0.4, -0.2) is 32.5 Å². The predicted octanol–water partition coefficient (Wildman–Crippen LogP) is 1.90. The first-order valence-corrected chi connectivity index (χ1v) is 8.48. The molecule has 0 radical (unpaired) electrons. The summed E-state index contributed by atoms with van der Waals surface area (Å²) in [6.45, 7) is 2.20. The van der Waals surface area contributed by atoms with E-state index in [4.69, 9.17) is 0 Å². The Kier molecular flexibility index (Phi) is 4.19. The second-order valence-electron chi connectivity index (χ2n) is 4.35. The topological polar surface area (TPSA) is 58.2 Å². The molecule has 2 atom stereocenters. The molecule has 0 saturated carbocycles. The van der Waals surface area contributed by atoms with E-state index in [1.165, 1.54) is 7.05 Å². The summed E-state index contributed by atoms with van der Waals surface area (Å²) in [7, 11) is -1.94. The van der Waals surface area contributed by atoms with E-state index in [0.717, 1.165) is 17.9 Å². The molecule has 1 aromatic rings. The molecule has 1 aliphatic rings. The quantitative estimate of drug-likeness (QED) is 0.887. The zero-order valence-corrected chi connectivity index (χ0v) is 12.1. The Labute approximate surface area is 113 Å². The SMILES string of the molecule is CNS(=O)(=O)c1cccc(NC2CCSC2C)c1. The van der Waals surface area contributed by atoms with E-state index >= 15 is 0 Å². The summed E-state index contributed by atoms with van der Waals surface area (Å²) in [6, 6.07) is 7.37. The van der Waals surface area contributed by atoms with Crippen molar-refractivity contribution >= 4 is 27.5 Å². The molecule has 1 aliphatic heterocycles. The average molecular weight is 286 g/mol. The van der Waals surface area contributed by atoms with Gasteiger partial charge in [-0.2, -0.15) is 11.8 Å². The summed E-state index contributed by atoms with van der Waals surface area (Å²) in [5.74, 6) is 1.16. The highest BCUT2D eigenvalue weighted by molar-refractivity contribution is 8.00. The van der Waals surface area contributed by atoms with Crippen LogP contribution >= 0.6 is 11.8 Å². The van der Waals surface area contributed by atoms with Crippen molar-refractivity contribution in [2.24, 2.45) is 0 Å². The molecule has 2 rings (SSSR count). The van der Waals surface area contributed by atoms with Gasteiger partial charge in [0.05, 0.1) is 4.90 Å². The van der Waals surface area contributed by atoms with Gasteiger partial charge in [-0.1, -0.05) is 13.0 Å². The highest BCUT2D eigenvalue weighted by Crippen LogP contribution is 2.29. The van der Waals surface area contributed by atoms with Crippen LogP contribution in [0.2, 0.25) is 0 Å². The van der Waals surface area contributed by atoms with E-state index in [-0.39, 0.29) is 0 Å². The normalized spacial score (nSPS) is 24.1. The van der Waals surface area contributed by atoms with Crippen molar-refractivity contribution in [1.29, 1.82) is 0 Å². The number of hydrogen-bond donors (Lipinski definition) is 2. The van der Waals surface area contributed by atoms with Crippen LogP contribution in [0, 0.1) is 0 Å². The molecule has 0 aliphatic carbocycles. The standard InChI is InChI=1S/C12H18N2O2S2/c1-9-12(6-7-17-9)14-10-4-3-5-11(8-10)18(15,16)13-2/h3-5,8-9,12-14H,6-7H2,1-2H3. The number of anilines is 1. The summed E-state index contributed by atoms with van der Waals surface area (Å²) in [4.78, 5) is 0.299. The summed E-state index contributed by atoms with van der Waals surface area (Å²) in [6.07, 6.45) is 1.12. The van der Waals surface area contributed by atoms with Gasteiger partial charge in [0.15, 0.2) is 0 Å². The molecule has 0 amide bonds. The van der Waals surface area contributed by atoms with Gasteiger partial charge in [-0.25, -0.2) is 13.1 Å². The van der Waals surface area contributed by atoms with E-state index in [9.17, 15) is 8.42 Å². The highest BCUT2D eigenvalue weighted by Gasteiger charge is 2.23. The first kappa shape index (κ1) is 13.7. The predicted molar refractivity (Wildman–Crippen MR) is 76.6 cm³/mol. The first-order valence-electron chi connectivity index (χ1n) is 5.94. The van der Waals surface area contributed by atoms with Crippen LogP contribution in [-0.2, 0) is 10.0 Å². The van der Waals surface area contributed by atoms with E-state index in [0.29, 0.717) is 16.2 Å². The van der Waals surface area contributed by atoms with E-state index in [1.807, 2.05) is 17.8 Å². The maximum atomic E-state index is 11.7. The Morgan fingerprint density at radius 3 is 2.78 bits per heavy atom. The van der Waals surface area contributed by atoms with E-state index in [2.05, 4.69) is 17.0 Å². The van der Waals surface area contributed by atoms with E-state index < -0.39 is 10.0 Å². The number of hydrogen-bond acceptors (Lipinski definition) is 4. The second kappa shape index (κ2) is 5.50. The summed E-state index contributed by atoms with van der Waals surface area (Å²) >= 11 is 1.95. The third kappa shape index (κ3) is 2.99. The fraction of sp³-hybridized carbons (Fsp3) is 0.500. The zero-order chi connectivity index (χ0) is 13.2. The van der Waals surface area contributed by atoms with Crippen LogP contribution in [0.3, 0.4) is 0 Å². The van der Waals surface area contributed by atoms with Crippen molar-refractivity contribution in [1.82, 2.24) is 4.72 Å². The van der Waals surface area contributed by atoms with Crippen LogP contribution in [0.1, 0.15) is 13.3 Å². The average Bonchev–Trinajstić information content (AvgIpc) is 2.75. The molecular formula is C12H18N2O2S2. The van der Waals surface area contributed by atoms with Gasteiger partial charge in [0.1, 0.15) is 0 Å². The third-order valence-corrected chi connectivity index (χ3v) is 5.88. The molecule has 0 spiro atoms. The van der Waals surface area contributed by atoms with Crippen molar-refractivity contribution < 1.29 is 8.42 Å². The monoisotopic (exact) mass is 286 g/mol. The first-order chi connectivity index (χ1) is 8.53. The van der Waals surface area contributed by atoms with Gasteiger partial charge < -0.3 is 5.32 Å². The van der Waals surface area contributed by atoms with E-state index in [1.54, 1.807) is 18.2 Å². The minimum absolute atomic E-state index is 0.299. The van der Waals surface area contributed by atoms with Gasteiger partial charge in [-0.3, -0.25) is 0 Å². The van der Waals surface area contributed by atoms with Gasteiger partial charge in [0.25, 0.3) is 0 Å². The largest absolute Gasteiger partial charge is 0.381 e. The van der Waals surface area contributed by atoms with Crippen LogP contribution in [0.15, 0.2) is 29.2 Å². The fourth-order valence-corrected chi connectivity index (χ4v) is 3.98. The van der Waals surface area contributed by atoms with Gasteiger partial charge in [0.2, 0.25) is 10.0 Å². The molecule has 18 heavy (non-hydrogen) atoms. The van der Waals surface area contributed by atoms with Crippen LogP contribution < -0.4 is 10.0 Å². The Morgan fingerprint density at radius 2 is 2.17 bits per heavy atom. The molecule has 0 aromatic heterocycles. The molecule has 1 heterocycles. The third-order valence-electron chi connectivity index (χ3n) is 3.14. The summed E-state index contributed by atoms with van der Waals surface area (Å²) in [5.41, 5.74) is 0.866. The molecule has 1 aromatic carbocycles. The lowest BCUT2D eigenvalue weighted by atomic mass is 10.1. The number of nitrogens with one attached hydrogen (secondary N) is 2. The molecule has 1 fully saturated rings. The number of rotatable bonds is 4. The summed E-state index contributed by atoms with van der Waals surface area (Å²) in [5, 5.41) is 3.98. The fourth-order valence-electron chi connectivity index (χ4n) is 2.01. The molecule has 2 N–H and O–H groups in total. The van der Waals surface area contributed by atoms with Gasteiger partial charge in [-0.15, -0.1) is 0 Å². The molecule has 0 bridgehead atoms. The van der Waals surface area contributed by atoms with Gasteiger partial charge >= 0.3 is 0 Å². The Bertz CT molecular complexity index is 517. The van der Waals surface area contributed by atoms with Crippen molar-refractivity contribution in [2.75, 3.05) is 18.1 Å². The number of sulfonamides is 1. The summed E-state index contributed by atoms with van der Waals surface area (Å²) < 4.78 is 25.8. The van der Waals surface area contributed by atoms with Crippen LogP contribution in [0.4, 0.5) is 5.69 Å². The van der Waals surface area contributed by atoms with Crippen LogP contribution in [0.25, 0.3) is 0 Å². The zero-order valence-electron chi connectivity index (χ0n) is 10.5. The second-order valence-corrected chi connectivity index (χ2v) is 7.72. The molecular weight excluding hydrogens is 268 g/mol.